The summed E-state index contributed by atoms with van der Waals surface area (Å²) < 4.78 is 5.36. The molecule has 0 heterocycles. The highest BCUT2D eigenvalue weighted by Crippen LogP contribution is 2.24. The van der Waals surface area contributed by atoms with E-state index in [4.69, 9.17) is 14.9 Å². The maximum Gasteiger partial charge on any atom is 0.130 e. The topological polar surface area (TPSA) is 49.7 Å². The number of ether oxygens (including phenoxy) is 1. The summed E-state index contributed by atoms with van der Waals surface area (Å²) in [5.41, 5.74) is 1.36. The lowest BCUT2D eigenvalue weighted by Gasteiger charge is -2.12. The minimum absolute atomic E-state index is 0.0969. The van der Waals surface area contributed by atoms with Crippen LogP contribution in [-0.4, -0.2) is 16.8 Å². The molecule has 0 saturated carbocycles. The van der Waals surface area contributed by atoms with Crippen molar-refractivity contribution in [1.29, 1.82) is 0 Å². The standard InChI is InChI=1S/C11H14O3/c1-2-6-14-11-9(7-12)4-3-5-10(11)8-13/h2-5,12-13H,1,6-8H2. The second-order valence-corrected chi connectivity index (χ2v) is 2.82. The summed E-state index contributed by atoms with van der Waals surface area (Å²) in [5, 5.41) is 18.1. The van der Waals surface area contributed by atoms with E-state index >= 15 is 0 Å². The zero-order chi connectivity index (χ0) is 10.4. The lowest BCUT2D eigenvalue weighted by atomic mass is 10.1. The van der Waals surface area contributed by atoms with E-state index in [9.17, 15) is 0 Å². The number of hydrogen-bond donors (Lipinski definition) is 2. The molecule has 76 valence electrons. The zero-order valence-corrected chi connectivity index (χ0v) is 7.94. The monoisotopic (exact) mass is 194 g/mol. The van der Waals surface area contributed by atoms with Gasteiger partial charge in [-0.3, -0.25) is 0 Å². The van der Waals surface area contributed by atoms with Gasteiger partial charge in [-0.05, 0) is 0 Å². The third-order valence-corrected chi connectivity index (χ3v) is 1.86. The number of benzene rings is 1. The van der Waals surface area contributed by atoms with Crippen molar-refractivity contribution in [2.75, 3.05) is 6.61 Å². The van der Waals surface area contributed by atoms with Crippen LogP contribution in [0.1, 0.15) is 11.1 Å². The summed E-state index contributed by atoms with van der Waals surface area (Å²) in [4.78, 5) is 0. The van der Waals surface area contributed by atoms with Gasteiger partial charge in [-0.15, -0.1) is 0 Å². The molecule has 1 aromatic carbocycles. The molecular formula is C11H14O3. The van der Waals surface area contributed by atoms with Crippen molar-refractivity contribution in [2.24, 2.45) is 0 Å². The van der Waals surface area contributed by atoms with Crippen molar-refractivity contribution in [3.63, 3.8) is 0 Å². The van der Waals surface area contributed by atoms with Crippen molar-refractivity contribution >= 4 is 0 Å². The number of aliphatic hydroxyl groups excluding tert-OH is 2. The van der Waals surface area contributed by atoms with Crippen LogP contribution in [0.15, 0.2) is 30.9 Å². The van der Waals surface area contributed by atoms with E-state index in [1.54, 1.807) is 24.3 Å². The van der Waals surface area contributed by atoms with Crippen LogP contribution >= 0.6 is 0 Å². The van der Waals surface area contributed by atoms with Crippen molar-refractivity contribution < 1.29 is 14.9 Å². The summed E-state index contributed by atoms with van der Waals surface area (Å²) in [6.07, 6.45) is 1.62. The first-order chi connectivity index (χ1) is 6.83. The summed E-state index contributed by atoms with van der Waals surface area (Å²) in [6, 6.07) is 5.30. The molecule has 0 fully saturated rings. The minimum atomic E-state index is -0.0969. The van der Waals surface area contributed by atoms with Gasteiger partial charge in [0.2, 0.25) is 0 Å². The van der Waals surface area contributed by atoms with Gasteiger partial charge in [-0.25, -0.2) is 0 Å². The molecule has 1 rings (SSSR count). The first kappa shape index (κ1) is 10.8. The Morgan fingerprint density at radius 1 is 1.21 bits per heavy atom. The molecule has 0 bridgehead atoms. The second-order valence-electron chi connectivity index (χ2n) is 2.82. The predicted molar refractivity (Wildman–Crippen MR) is 54.0 cm³/mol. The van der Waals surface area contributed by atoms with Gasteiger partial charge in [0, 0.05) is 11.1 Å². The van der Waals surface area contributed by atoms with E-state index < -0.39 is 0 Å². The van der Waals surface area contributed by atoms with E-state index in [2.05, 4.69) is 6.58 Å². The third-order valence-electron chi connectivity index (χ3n) is 1.86. The summed E-state index contributed by atoms with van der Waals surface area (Å²) in [6.45, 7) is 3.71. The molecule has 3 nitrogen and oxygen atoms in total. The summed E-state index contributed by atoms with van der Waals surface area (Å²) >= 11 is 0. The Balaban J connectivity index is 2.99. The fourth-order valence-corrected chi connectivity index (χ4v) is 1.21. The smallest absolute Gasteiger partial charge is 0.130 e. The quantitative estimate of drug-likeness (QED) is 0.693. The van der Waals surface area contributed by atoms with Gasteiger partial charge in [0.15, 0.2) is 0 Å². The molecule has 14 heavy (non-hydrogen) atoms. The van der Waals surface area contributed by atoms with Crippen LogP contribution in [0.2, 0.25) is 0 Å². The van der Waals surface area contributed by atoms with Crippen molar-refractivity contribution in [1.82, 2.24) is 0 Å². The van der Waals surface area contributed by atoms with Gasteiger partial charge in [-0.1, -0.05) is 30.9 Å². The minimum Gasteiger partial charge on any atom is -0.489 e. The number of aliphatic hydroxyl groups is 2. The SMILES string of the molecule is C=CCOc1c(CO)cccc1CO. The van der Waals surface area contributed by atoms with Gasteiger partial charge in [0.25, 0.3) is 0 Å². The normalized spacial score (nSPS) is 9.86. The van der Waals surface area contributed by atoms with Crippen LogP contribution in [0, 0.1) is 0 Å². The van der Waals surface area contributed by atoms with Crippen LogP contribution in [0.5, 0.6) is 5.75 Å². The highest BCUT2D eigenvalue weighted by atomic mass is 16.5. The molecule has 0 unspecified atom stereocenters. The average Bonchev–Trinajstić information content (AvgIpc) is 2.25. The third kappa shape index (κ3) is 2.34. The van der Waals surface area contributed by atoms with Crippen LogP contribution in [0.3, 0.4) is 0 Å². The van der Waals surface area contributed by atoms with E-state index in [0.717, 1.165) is 0 Å². The van der Waals surface area contributed by atoms with Gasteiger partial charge in [0.1, 0.15) is 12.4 Å². The molecule has 0 atom stereocenters. The van der Waals surface area contributed by atoms with Gasteiger partial charge in [0.05, 0.1) is 13.2 Å². The van der Waals surface area contributed by atoms with E-state index in [0.29, 0.717) is 23.5 Å². The molecule has 0 radical (unpaired) electrons. The maximum atomic E-state index is 9.05. The Hall–Kier alpha value is -1.32. The zero-order valence-electron chi connectivity index (χ0n) is 7.94. The Morgan fingerprint density at radius 3 is 2.21 bits per heavy atom. The van der Waals surface area contributed by atoms with Crippen molar-refractivity contribution in [2.45, 2.75) is 13.2 Å². The molecule has 3 heteroatoms. The van der Waals surface area contributed by atoms with Gasteiger partial charge >= 0.3 is 0 Å². The van der Waals surface area contributed by atoms with Crippen molar-refractivity contribution in [3.8, 4) is 5.75 Å². The molecule has 0 amide bonds. The number of hydrogen-bond acceptors (Lipinski definition) is 3. The molecule has 0 aromatic heterocycles. The van der Waals surface area contributed by atoms with Gasteiger partial charge in [-0.2, -0.15) is 0 Å². The molecule has 0 aliphatic heterocycles. The van der Waals surface area contributed by atoms with E-state index in [1.807, 2.05) is 0 Å². The second kappa shape index (κ2) is 5.42. The Morgan fingerprint density at radius 2 is 1.79 bits per heavy atom. The maximum absolute atomic E-state index is 9.05. The lowest BCUT2D eigenvalue weighted by molar-refractivity contribution is 0.255. The molecule has 2 N–H and O–H groups in total. The van der Waals surface area contributed by atoms with Crippen LogP contribution in [0.25, 0.3) is 0 Å². The first-order valence-electron chi connectivity index (χ1n) is 4.39. The molecule has 1 aromatic rings. The molecule has 0 aliphatic rings. The Kier molecular flexibility index (Phi) is 4.16. The van der Waals surface area contributed by atoms with E-state index in [-0.39, 0.29) is 13.2 Å². The molecule has 0 spiro atoms. The first-order valence-corrected chi connectivity index (χ1v) is 4.39. The molecular weight excluding hydrogens is 180 g/mol. The Bertz CT molecular complexity index is 285. The number of rotatable bonds is 5. The Labute approximate surface area is 83.3 Å². The largest absolute Gasteiger partial charge is 0.489 e. The van der Waals surface area contributed by atoms with E-state index in [1.165, 1.54) is 0 Å². The van der Waals surface area contributed by atoms with Crippen LogP contribution < -0.4 is 4.74 Å². The van der Waals surface area contributed by atoms with Gasteiger partial charge < -0.3 is 14.9 Å². The number of para-hydroxylation sites is 1. The van der Waals surface area contributed by atoms with Crippen LogP contribution in [0.4, 0.5) is 0 Å². The highest BCUT2D eigenvalue weighted by molar-refractivity contribution is 5.40. The highest BCUT2D eigenvalue weighted by Gasteiger charge is 2.07. The summed E-state index contributed by atoms with van der Waals surface area (Å²) in [7, 11) is 0. The summed E-state index contributed by atoms with van der Waals surface area (Å²) in [5.74, 6) is 0.553. The fraction of sp³-hybridized carbons (Fsp3) is 0.273. The molecule has 0 saturated heterocycles. The fourth-order valence-electron chi connectivity index (χ4n) is 1.21. The van der Waals surface area contributed by atoms with Crippen LogP contribution in [-0.2, 0) is 13.2 Å². The predicted octanol–water partition coefficient (Wildman–Crippen LogP) is 1.24. The van der Waals surface area contributed by atoms with Crippen molar-refractivity contribution in [3.05, 3.63) is 42.0 Å². The average molecular weight is 194 g/mol. The molecule has 0 aliphatic carbocycles. The lowest BCUT2D eigenvalue weighted by Crippen LogP contribution is -2.01.